The van der Waals surface area contributed by atoms with Crippen molar-refractivity contribution in [2.75, 3.05) is 5.73 Å². The highest BCUT2D eigenvalue weighted by atomic mass is 19.2. The second kappa shape index (κ2) is 2.52. The van der Waals surface area contributed by atoms with Crippen molar-refractivity contribution in [3.05, 3.63) is 28.8 Å². The van der Waals surface area contributed by atoms with Gasteiger partial charge in [0, 0.05) is 18.2 Å². The van der Waals surface area contributed by atoms with Gasteiger partial charge < -0.3 is 5.73 Å². The van der Waals surface area contributed by atoms with Gasteiger partial charge in [-0.15, -0.1) is 0 Å². The van der Waals surface area contributed by atoms with Gasteiger partial charge in [0.05, 0.1) is 5.56 Å². The molecule has 1 aliphatic carbocycles. The van der Waals surface area contributed by atoms with E-state index in [0.29, 0.717) is 12.0 Å². The Kier molecular flexibility index (Phi) is 1.58. The van der Waals surface area contributed by atoms with Crippen molar-refractivity contribution in [3.63, 3.8) is 0 Å². The molecule has 0 atom stereocenters. The summed E-state index contributed by atoms with van der Waals surface area (Å²) >= 11 is 0. The number of halogens is 2. The molecule has 0 saturated heterocycles. The molecule has 0 amide bonds. The van der Waals surface area contributed by atoms with Crippen LogP contribution >= 0.6 is 0 Å². The van der Waals surface area contributed by atoms with E-state index in [-0.39, 0.29) is 23.5 Å². The molecular formula is C9H7F2NO. The zero-order chi connectivity index (χ0) is 9.59. The summed E-state index contributed by atoms with van der Waals surface area (Å²) in [6, 6.07) is 0.923. The van der Waals surface area contributed by atoms with E-state index in [1.165, 1.54) is 0 Å². The first kappa shape index (κ1) is 8.16. The summed E-state index contributed by atoms with van der Waals surface area (Å²) < 4.78 is 25.9. The number of hydrogen-bond donors (Lipinski definition) is 1. The number of hydrogen-bond acceptors (Lipinski definition) is 2. The van der Waals surface area contributed by atoms with E-state index in [1.54, 1.807) is 0 Å². The molecule has 4 heteroatoms. The van der Waals surface area contributed by atoms with Gasteiger partial charge in [0.1, 0.15) is 0 Å². The number of rotatable bonds is 0. The minimum absolute atomic E-state index is 0.155. The molecule has 1 aromatic carbocycles. The van der Waals surface area contributed by atoms with Crippen LogP contribution in [0.5, 0.6) is 0 Å². The Labute approximate surface area is 73.4 Å². The molecule has 0 fully saturated rings. The van der Waals surface area contributed by atoms with Crippen molar-refractivity contribution in [2.24, 2.45) is 0 Å². The number of benzene rings is 1. The quantitative estimate of drug-likeness (QED) is 0.622. The normalized spacial score (nSPS) is 14.8. The van der Waals surface area contributed by atoms with Crippen LogP contribution in [0.4, 0.5) is 14.5 Å². The van der Waals surface area contributed by atoms with E-state index >= 15 is 0 Å². The second-order valence-electron chi connectivity index (χ2n) is 3.04. The lowest BCUT2D eigenvalue weighted by molar-refractivity contribution is 0.0990. The van der Waals surface area contributed by atoms with Gasteiger partial charge in [0.15, 0.2) is 17.4 Å². The summed E-state index contributed by atoms with van der Waals surface area (Å²) in [7, 11) is 0. The van der Waals surface area contributed by atoms with E-state index in [2.05, 4.69) is 0 Å². The average molecular weight is 183 g/mol. The van der Waals surface area contributed by atoms with Crippen LogP contribution in [0.1, 0.15) is 22.3 Å². The fourth-order valence-electron chi connectivity index (χ4n) is 1.61. The summed E-state index contributed by atoms with van der Waals surface area (Å²) in [4.78, 5) is 11.1. The van der Waals surface area contributed by atoms with Gasteiger partial charge in [-0.25, -0.2) is 8.78 Å². The highest BCUT2D eigenvalue weighted by molar-refractivity contribution is 6.02. The van der Waals surface area contributed by atoms with Gasteiger partial charge in [-0.2, -0.15) is 0 Å². The van der Waals surface area contributed by atoms with Crippen LogP contribution < -0.4 is 5.73 Å². The Hall–Kier alpha value is -1.45. The molecule has 0 bridgehead atoms. The SMILES string of the molecule is Nc1cc(F)c(F)c2c1CCC2=O. The van der Waals surface area contributed by atoms with Crippen molar-refractivity contribution in [2.45, 2.75) is 12.8 Å². The van der Waals surface area contributed by atoms with Crippen LogP contribution in [0.3, 0.4) is 0 Å². The Morgan fingerprint density at radius 1 is 1.31 bits per heavy atom. The van der Waals surface area contributed by atoms with Gasteiger partial charge >= 0.3 is 0 Å². The molecular weight excluding hydrogens is 176 g/mol. The van der Waals surface area contributed by atoms with Crippen LogP contribution in [0.2, 0.25) is 0 Å². The highest BCUT2D eigenvalue weighted by Gasteiger charge is 2.27. The van der Waals surface area contributed by atoms with Crippen molar-refractivity contribution in [3.8, 4) is 0 Å². The van der Waals surface area contributed by atoms with Crippen LogP contribution in [-0.4, -0.2) is 5.78 Å². The lowest BCUT2D eigenvalue weighted by Gasteiger charge is -2.04. The van der Waals surface area contributed by atoms with Gasteiger partial charge in [-0.3, -0.25) is 4.79 Å². The number of anilines is 1. The minimum Gasteiger partial charge on any atom is -0.398 e. The monoisotopic (exact) mass is 183 g/mol. The van der Waals surface area contributed by atoms with Crippen LogP contribution in [0.25, 0.3) is 0 Å². The topological polar surface area (TPSA) is 43.1 Å². The molecule has 68 valence electrons. The number of carbonyl (C=O) groups excluding carboxylic acids is 1. The highest BCUT2D eigenvalue weighted by Crippen LogP contribution is 2.30. The van der Waals surface area contributed by atoms with Crippen LogP contribution in [0.15, 0.2) is 6.07 Å². The zero-order valence-corrected chi connectivity index (χ0v) is 6.73. The fourth-order valence-corrected chi connectivity index (χ4v) is 1.61. The van der Waals surface area contributed by atoms with E-state index in [0.717, 1.165) is 6.07 Å². The van der Waals surface area contributed by atoms with Crippen LogP contribution in [-0.2, 0) is 6.42 Å². The molecule has 0 saturated carbocycles. The summed E-state index contributed by atoms with van der Waals surface area (Å²) in [5.74, 6) is -2.48. The maximum atomic E-state index is 13.1. The van der Waals surface area contributed by atoms with Gasteiger partial charge in [0.2, 0.25) is 0 Å². The molecule has 0 radical (unpaired) electrons. The third-order valence-electron chi connectivity index (χ3n) is 2.24. The van der Waals surface area contributed by atoms with Crippen LogP contribution in [0, 0.1) is 11.6 Å². The van der Waals surface area contributed by atoms with Gasteiger partial charge in [-0.1, -0.05) is 0 Å². The molecule has 0 aliphatic heterocycles. The Morgan fingerprint density at radius 2 is 2.00 bits per heavy atom. The summed E-state index contributed by atoms with van der Waals surface area (Å²) in [6.07, 6.45) is 0.636. The average Bonchev–Trinajstić information content (AvgIpc) is 2.44. The molecule has 13 heavy (non-hydrogen) atoms. The number of carbonyl (C=O) groups is 1. The first-order valence-corrected chi connectivity index (χ1v) is 3.91. The fraction of sp³-hybridized carbons (Fsp3) is 0.222. The molecule has 2 rings (SSSR count). The van der Waals surface area contributed by atoms with E-state index < -0.39 is 11.6 Å². The molecule has 0 unspecified atom stereocenters. The maximum Gasteiger partial charge on any atom is 0.170 e. The molecule has 1 aliphatic rings. The first-order valence-electron chi connectivity index (χ1n) is 3.91. The van der Waals surface area contributed by atoms with E-state index in [9.17, 15) is 13.6 Å². The largest absolute Gasteiger partial charge is 0.398 e. The number of Topliss-reactive ketones (excluding diaryl/α,β-unsaturated/α-hetero) is 1. The van der Waals surface area contributed by atoms with Crippen molar-refractivity contribution >= 4 is 11.5 Å². The van der Waals surface area contributed by atoms with Gasteiger partial charge in [0.25, 0.3) is 0 Å². The minimum atomic E-state index is -1.06. The number of fused-ring (bicyclic) bond motifs is 1. The first-order chi connectivity index (χ1) is 6.11. The zero-order valence-electron chi connectivity index (χ0n) is 6.73. The molecule has 0 heterocycles. The second-order valence-corrected chi connectivity index (χ2v) is 3.04. The molecule has 2 nitrogen and oxygen atoms in total. The molecule has 1 aromatic rings. The smallest absolute Gasteiger partial charge is 0.170 e. The Bertz CT molecular complexity index is 401. The number of nitrogens with two attached hydrogens (primary N) is 1. The molecule has 2 N–H and O–H groups in total. The summed E-state index contributed by atoms with van der Waals surface area (Å²) in [5.41, 5.74) is 5.90. The third kappa shape index (κ3) is 1.02. The summed E-state index contributed by atoms with van der Waals surface area (Å²) in [5, 5.41) is 0. The molecule has 0 spiro atoms. The summed E-state index contributed by atoms with van der Waals surface area (Å²) in [6.45, 7) is 0. The van der Waals surface area contributed by atoms with E-state index in [4.69, 9.17) is 5.73 Å². The molecule has 0 aromatic heterocycles. The van der Waals surface area contributed by atoms with Crippen molar-refractivity contribution in [1.29, 1.82) is 0 Å². The number of nitrogen functional groups attached to an aromatic ring is 1. The third-order valence-corrected chi connectivity index (χ3v) is 2.24. The van der Waals surface area contributed by atoms with Gasteiger partial charge in [-0.05, 0) is 12.0 Å². The van der Waals surface area contributed by atoms with Crippen molar-refractivity contribution < 1.29 is 13.6 Å². The maximum absolute atomic E-state index is 13.1. The predicted molar refractivity (Wildman–Crippen MR) is 43.4 cm³/mol. The van der Waals surface area contributed by atoms with Crippen molar-refractivity contribution in [1.82, 2.24) is 0 Å². The predicted octanol–water partition coefficient (Wildman–Crippen LogP) is 1.68. The standard InChI is InChI=1S/C9H7F2NO/c10-5-3-6(12)4-1-2-7(13)8(4)9(5)11/h3H,1-2,12H2. The Balaban J connectivity index is 2.77. The lowest BCUT2D eigenvalue weighted by Crippen LogP contribution is -2.02. The van der Waals surface area contributed by atoms with E-state index in [1.807, 2.05) is 0 Å². The number of ketones is 1. The Morgan fingerprint density at radius 3 is 2.69 bits per heavy atom. The lowest BCUT2D eigenvalue weighted by atomic mass is 10.1.